The molecular weight excluding hydrogens is 302 g/mol. The minimum absolute atomic E-state index is 0.0209. The second-order valence-electron chi connectivity index (χ2n) is 4.52. The van der Waals surface area contributed by atoms with Crippen LogP contribution in [-0.4, -0.2) is 41.8 Å². The molecule has 2 rings (SSSR count). The summed E-state index contributed by atoms with van der Waals surface area (Å²) in [5.41, 5.74) is 0.661. The van der Waals surface area contributed by atoms with Gasteiger partial charge in [-0.2, -0.15) is 5.10 Å². The van der Waals surface area contributed by atoms with E-state index in [4.69, 9.17) is 0 Å². The van der Waals surface area contributed by atoms with E-state index in [1.807, 2.05) is 0 Å². The molecule has 0 unspecified atom stereocenters. The van der Waals surface area contributed by atoms with E-state index in [0.29, 0.717) is 0 Å². The summed E-state index contributed by atoms with van der Waals surface area (Å²) in [4.78, 5) is 35.5. The van der Waals surface area contributed by atoms with Crippen molar-refractivity contribution in [1.82, 2.24) is 9.78 Å². The number of aryl methyl sites for hydroxylation is 1. The zero-order chi connectivity index (χ0) is 17.0. The Morgan fingerprint density at radius 2 is 1.74 bits per heavy atom. The monoisotopic (exact) mass is 317 g/mol. The van der Waals surface area contributed by atoms with Gasteiger partial charge in [0.15, 0.2) is 5.69 Å². The maximum Gasteiger partial charge on any atom is 0.356 e. The van der Waals surface area contributed by atoms with Crippen molar-refractivity contribution in [2.24, 2.45) is 7.05 Å². The van der Waals surface area contributed by atoms with E-state index in [2.05, 4.69) is 19.9 Å². The van der Waals surface area contributed by atoms with Crippen molar-refractivity contribution in [3.63, 3.8) is 0 Å². The third-order valence-electron chi connectivity index (χ3n) is 3.09. The van der Waals surface area contributed by atoms with E-state index in [9.17, 15) is 14.4 Å². The first-order chi connectivity index (χ1) is 11.0. The van der Waals surface area contributed by atoms with Gasteiger partial charge in [0.25, 0.3) is 5.91 Å². The summed E-state index contributed by atoms with van der Waals surface area (Å²) in [6.07, 6.45) is 0. The fourth-order valence-electron chi connectivity index (χ4n) is 1.94. The first-order valence-electron chi connectivity index (χ1n) is 6.59. The highest BCUT2D eigenvalue weighted by molar-refractivity contribution is 6.07. The Balaban J connectivity index is 2.27. The minimum atomic E-state index is -0.603. The van der Waals surface area contributed by atoms with Crippen LogP contribution >= 0.6 is 0 Å². The van der Waals surface area contributed by atoms with Crippen LogP contribution in [0.5, 0.6) is 0 Å². The van der Waals surface area contributed by atoms with Crippen molar-refractivity contribution in [2.75, 3.05) is 19.5 Å². The van der Waals surface area contributed by atoms with Crippen LogP contribution in [0.2, 0.25) is 0 Å². The molecule has 1 aromatic heterocycles. The number of esters is 2. The van der Waals surface area contributed by atoms with Crippen LogP contribution < -0.4 is 5.32 Å². The van der Waals surface area contributed by atoms with Crippen molar-refractivity contribution in [1.29, 1.82) is 0 Å². The maximum absolute atomic E-state index is 12.3. The number of rotatable bonds is 4. The Morgan fingerprint density at radius 3 is 2.39 bits per heavy atom. The molecule has 0 radical (unpaired) electrons. The fraction of sp³-hybridized carbons (Fsp3) is 0.200. The fourth-order valence-corrected chi connectivity index (χ4v) is 1.94. The number of amides is 1. The molecule has 0 aliphatic carbocycles. The van der Waals surface area contributed by atoms with Gasteiger partial charge in [-0.1, -0.05) is 12.1 Å². The lowest BCUT2D eigenvalue weighted by Gasteiger charge is -2.08. The van der Waals surface area contributed by atoms with Crippen LogP contribution in [0.4, 0.5) is 5.69 Å². The van der Waals surface area contributed by atoms with Gasteiger partial charge in [0.2, 0.25) is 0 Å². The molecule has 0 bridgehead atoms. The molecule has 0 spiro atoms. The molecule has 2 aromatic rings. The smallest absolute Gasteiger partial charge is 0.356 e. The van der Waals surface area contributed by atoms with E-state index >= 15 is 0 Å². The first kappa shape index (κ1) is 16.2. The zero-order valence-electron chi connectivity index (χ0n) is 12.8. The second-order valence-corrected chi connectivity index (χ2v) is 4.52. The van der Waals surface area contributed by atoms with E-state index in [1.165, 1.54) is 38.1 Å². The zero-order valence-corrected chi connectivity index (χ0v) is 12.8. The molecule has 23 heavy (non-hydrogen) atoms. The topological polar surface area (TPSA) is 99.5 Å². The van der Waals surface area contributed by atoms with Gasteiger partial charge in [0, 0.05) is 13.1 Å². The highest BCUT2D eigenvalue weighted by Crippen LogP contribution is 2.17. The van der Waals surface area contributed by atoms with Gasteiger partial charge in [-0.3, -0.25) is 9.48 Å². The number of hydrogen-bond acceptors (Lipinski definition) is 6. The Kier molecular flexibility index (Phi) is 4.75. The van der Waals surface area contributed by atoms with Gasteiger partial charge < -0.3 is 14.8 Å². The molecular formula is C15H15N3O5. The van der Waals surface area contributed by atoms with Gasteiger partial charge in [0.05, 0.1) is 25.5 Å². The lowest BCUT2D eigenvalue weighted by molar-refractivity contribution is 0.0583. The third-order valence-corrected chi connectivity index (χ3v) is 3.09. The molecule has 0 fully saturated rings. The second kappa shape index (κ2) is 6.73. The van der Waals surface area contributed by atoms with Gasteiger partial charge in [-0.15, -0.1) is 0 Å². The normalized spacial score (nSPS) is 10.0. The summed E-state index contributed by atoms with van der Waals surface area (Å²) in [5.74, 6) is -1.74. The predicted molar refractivity (Wildman–Crippen MR) is 80.3 cm³/mol. The van der Waals surface area contributed by atoms with Gasteiger partial charge in [-0.25, -0.2) is 9.59 Å². The van der Waals surface area contributed by atoms with Crippen molar-refractivity contribution in [3.05, 3.63) is 47.3 Å². The Labute approximate surface area is 132 Å². The number of para-hydroxylation sites is 1. The largest absolute Gasteiger partial charge is 0.465 e. The van der Waals surface area contributed by atoms with Gasteiger partial charge in [-0.05, 0) is 12.1 Å². The van der Waals surface area contributed by atoms with Crippen LogP contribution in [0.3, 0.4) is 0 Å². The lowest BCUT2D eigenvalue weighted by Crippen LogP contribution is -2.16. The van der Waals surface area contributed by atoms with Crippen molar-refractivity contribution in [3.8, 4) is 0 Å². The number of anilines is 1. The van der Waals surface area contributed by atoms with Crippen LogP contribution in [-0.2, 0) is 16.5 Å². The molecule has 8 nitrogen and oxygen atoms in total. The predicted octanol–water partition coefficient (Wildman–Crippen LogP) is 1.25. The number of aromatic nitrogens is 2. The van der Waals surface area contributed by atoms with Crippen molar-refractivity contribution < 1.29 is 23.9 Å². The molecule has 120 valence electrons. The van der Waals surface area contributed by atoms with Crippen molar-refractivity contribution in [2.45, 2.75) is 0 Å². The van der Waals surface area contributed by atoms with E-state index in [0.717, 1.165) is 0 Å². The molecule has 0 aliphatic rings. The van der Waals surface area contributed by atoms with Crippen molar-refractivity contribution >= 4 is 23.5 Å². The maximum atomic E-state index is 12.3. The molecule has 1 heterocycles. The molecule has 1 N–H and O–H groups in total. The van der Waals surface area contributed by atoms with Gasteiger partial charge >= 0.3 is 11.9 Å². The van der Waals surface area contributed by atoms with E-state index in [1.54, 1.807) is 18.2 Å². The average molecular weight is 317 g/mol. The summed E-state index contributed by atoms with van der Waals surface area (Å²) < 4.78 is 10.5. The summed E-state index contributed by atoms with van der Waals surface area (Å²) in [5, 5.41) is 6.53. The molecule has 0 atom stereocenters. The minimum Gasteiger partial charge on any atom is -0.465 e. The van der Waals surface area contributed by atoms with Crippen LogP contribution in [0, 0.1) is 0 Å². The molecule has 0 saturated heterocycles. The molecule has 1 amide bonds. The summed E-state index contributed by atoms with van der Waals surface area (Å²) >= 11 is 0. The number of carbonyl (C=O) groups excluding carboxylic acids is 3. The number of ether oxygens (including phenoxy) is 2. The Hall–Kier alpha value is -3.16. The highest BCUT2D eigenvalue weighted by Gasteiger charge is 2.20. The number of benzene rings is 1. The summed E-state index contributed by atoms with van der Waals surface area (Å²) in [6, 6.07) is 7.72. The molecule has 0 aliphatic heterocycles. The summed E-state index contributed by atoms with van der Waals surface area (Å²) in [7, 11) is 4.01. The Bertz CT molecular complexity index is 766. The van der Waals surface area contributed by atoms with E-state index < -0.39 is 17.8 Å². The highest BCUT2D eigenvalue weighted by atomic mass is 16.5. The number of carbonyl (C=O) groups is 3. The quantitative estimate of drug-likeness (QED) is 0.852. The number of hydrogen-bond donors (Lipinski definition) is 1. The van der Waals surface area contributed by atoms with Gasteiger partial charge in [0.1, 0.15) is 5.69 Å². The standard InChI is InChI=1S/C15H15N3O5/c1-18-12(15(21)23-3)8-11(17-18)13(19)16-10-7-5-4-6-9(10)14(20)22-2/h4-8H,1-3H3,(H,16,19). The number of nitrogens with zero attached hydrogens (tertiary/aromatic N) is 2. The Morgan fingerprint density at radius 1 is 1.09 bits per heavy atom. The number of nitrogens with one attached hydrogen (secondary N) is 1. The van der Waals surface area contributed by atoms with Crippen LogP contribution in [0.15, 0.2) is 30.3 Å². The molecule has 0 saturated carbocycles. The SMILES string of the molecule is COC(=O)c1ccccc1NC(=O)c1cc(C(=O)OC)n(C)n1. The van der Waals surface area contributed by atoms with Crippen LogP contribution in [0.1, 0.15) is 31.3 Å². The molecule has 1 aromatic carbocycles. The lowest BCUT2D eigenvalue weighted by atomic mass is 10.1. The first-order valence-corrected chi connectivity index (χ1v) is 6.59. The number of methoxy groups -OCH3 is 2. The molecule has 8 heteroatoms. The third kappa shape index (κ3) is 3.37. The summed E-state index contributed by atoms with van der Waals surface area (Å²) in [6.45, 7) is 0. The average Bonchev–Trinajstić information content (AvgIpc) is 2.96. The van der Waals surface area contributed by atoms with Crippen LogP contribution in [0.25, 0.3) is 0 Å². The van der Waals surface area contributed by atoms with E-state index in [-0.39, 0.29) is 22.6 Å².